The van der Waals surface area contributed by atoms with Gasteiger partial charge in [-0.15, -0.1) is 0 Å². The van der Waals surface area contributed by atoms with E-state index >= 15 is 0 Å². The fraction of sp³-hybridized carbons (Fsp3) is 0.125. The van der Waals surface area contributed by atoms with E-state index in [0.717, 1.165) is 5.56 Å². The topological polar surface area (TPSA) is 84.6 Å². The highest BCUT2D eigenvalue weighted by atomic mass is 16.3. The molecule has 1 aromatic carbocycles. The molecule has 0 unspecified atom stereocenters. The maximum Gasteiger partial charge on any atom is 0.191 e. The van der Waals surface area contributed by atoms with Crippen LogP contribution in [0.5, 0.6) is 0 Å². The van der Waals surface area contributed by atoms with Gasteiger partial charge in [0.15, 0.2) is 5.96 Å². The standard InChI is InChI=1S/C8H11N3O/c9-8(10)11-7-3-1-6(5-12)2-4-7/h1-4,12H,5H2,(H4,9,10,11). The van der Waals surface area contributed by atoms with Crippen molar-refractivity contribution in [1.82, 2.24) is 0 Å². The number of aliphatic imine (C=N–C) groups is 1. The fourth-order valence-corrected chi connectivity index (χ4v) is 0.825. The van der Waals surface area contributed by atoms with Crippen molar-refractivity contribution in [1.29, 1.82) is 0 Å². The summed E-state index contributed by atoms with van der Waals surface area (Å²) in [6.07, 6.45) is 0. The Bertz CT molecular complexity index is 275. The molecular formula is C8H11N3O. The zero-order chi connectivity index (χ0) is 8.97. The molecule has 0 aliphatic heterocycles. The number of aliphatic hydroxyl groups excluding tert-OH is 1. The van der Waals surface area contributed by atoms with E-state index in [1.165, 1.54) is 0 Å². The average Bonchev–Trinajstić information content (AvgIpc) is 2.05. The molecule has 4 nitrogen and oxygen atoms in total. The second-order valence-electron chi connectivity index (χ2n) is 2.36. The smallest absolute Gasteiger partial charge is 0.191 e. The van der Waals surface area contributed by atoms with Crippen LogP contribution in [0.2, 0.25) is 0 Å². The Kier molecular flexibility index (Phi) is 2.66. The Balaban J connectivity index is 2.85. The van der Waals surface area contributed by atoms with Gasteiger partial charge in [-0.3, -0.25) is 0 Å². The van der Waals surface area contributed by atoms with Crippen LogP contribution in [0, 0.1) is 0 Å². The third-order valence-corrected chi connectivity index (χ3v) is 1.38. The van der Waals surface area contributed by atoms with Crippen molar-refractivity contribution in [3.05, 3.63) is 29.8 Å². The molecule has 0 bridgehead atoms. The molecule has 0 aliphatic carbocycles. The van der Waals surface area contributed by atoms with Crippen LogP contribution in [-0.4, -0.2) is 11.1 Å². The van der Waals surface area contributed by atoms with Crippen molar-refractivity contribution in [2.24, 2.45) is 16.5 Å². The van der Waals surface area contributed by atoms with Crippen LogP contribution < -0.4 is 11.5 Å². The summed E-state index contributed by atoms with van der Waals surface area (Å²) in [5, 5.41) is 8.73. The summed E-state index contributed by atoms with van der Waals surface area (Å²) in [5.41, 5.74) is 11.9. The highest BCUT2D eigenvalue weighted by molar-refractivity contribution is 5.78. The predicted molar refractivity (Wildman–Crippen MR) is 47.8 cm³/mol. The Morgan fingerprint density at radius 3 is 2.25 bits per heavy atom. The van der Waals surface area contributed by atoms with E-state index in [1.807, 2.05) is 0 Å². The monoisotopic (exact) mass is 165 g/mol. The third-order valence-electron chi connectivity index (χ3n) is 1.38. The van der Waals surface area contributed by atoms with E-state index in [9.17, 15) is 0 Å². The van der Waals surface area contributed by atoms with Crippen LogP contribution in [0.25, 0.3) is 0 Å². The number of aliphatic hydroxyl groups is 1. The molecule has 4 heteroatoms. The van der Waals surface area contributed by atoms with E-state index in [2.05, 4.69) is 4.99 Å². The van der Waals surface area contributed by atoms with Crippen LogP contribution in [0.3, 0.4) is 0 Å². The van der Waals surface area contributed by atoms with E-state index in [-0.39, 0.29) is 12.6 Å². The quantitative estimate of drug-likeness (QED) is 0.428. The highest BCUT2D eigenvalue weighted by Gasteiger charge is 1.90. The fourth-order valence-electron chi connectivity index (χ4n) is 0.825. The van der Waals surface area contributed by atoms with Crippen LogP contribution in [0.4, 0.5) is 5.69 Å². The number of hydrogen-bond donors (Lipinski definition) is 3. The zero-order valence-corrected chi connectivity index (χ0v) is 6.57. The van der Waals surface area contributed by atoms with Crippen LogP contribution in [-0.2, 0) is 6.61 Å². The molecule has 0 atom stereocenters. The summed E-state index contributed by atoms with van der Waals surface area (Å²) < 4.78 is 0. The second kappa shape index (κ2) is 3.73. The largest absolute Gasteiger partial charge is 0.392 e. The van der Waals surface area contributed by atoms with Crippen molar-refractivity contribution in [2.75, 3.05) is 0 Å². The number of nitrogens with zero attached hydrogens (tertiary/aromatic N) is 1. The summed E-state index contributed by atoms with van der Waals surface area (Å²) in [6.45, 7) is 0.0299. The summed E-state index contributed by atoms with van der Waals surface area (Å²) in [5.74, 6) is 0.0340. The molecule has 0 amide bonds. The van der Waals surface area contributed by atoms with Gasteiger partial charge >= 0.3 is 0 Å². The maximum atomic E-state index is 8.73. The van der Waals surface area contributed by atoms with Gasteiger partial charge in [-0.2, -0.15) is 0 Å². The molecule has 0 heterocycles. The Morgan fingerprint density at radius 1 is 1.25 bits per heavy atom. The van der Waals surface area contributed by atoms with Gasteiger partial charge in [0, 0.05) is 0 Å². The molecule has 1 aromatic rings. The van der Waals surface area contributed by atoms with Crippen molar-refractivity contribution in [3.63, 3.8) is 0 Å². The molecule has 0 aromatic heterocycles. The molecular weight excluding hydrogens is 154 g/mol. The average molecular weight is 165 g/mol. The number of rotatable bonds is 2. The molecule has 12 heavy (non-hydrogen) atoms. The summed E-state index contributed by atoms with van der Waals surface area (Å²) in [4.78, 5) is 3.83. The first kappa shape index (κ1) is 8.55. The molecule has 0 spiro atoms. The molecule has 0 fully saturated rings. The van der Waals surface area contributed by atoms with Crippen molar-refractivity contribution in [2.45, 2.75) is 6.61 Å². The Morgan fingerprint density at radius 2 is 1.83 bits per heavy atom. The van der Waals surface area contributed by atoms with E-state index < -0.39 is 0 Å². The molecule has 0 radical (unpaired) electrons. The van der Waals surface area contributed by atoms with Gasteiger partial charge in [0.25, 0.3) is 0 Å². The van der Waals surface area contributed by atoms with Crippen LogP contribution in [0.15, 0.2) is 29.3 Å². The van der Waals surface area contributed by atoms with Crippen molar-refractivity contribution < 1.29 is 5.11 Å². The van der Waals surface area contributed by atoms with Gasteiger partial charge in [0.1, 0.15) is 0 Å². The lowest BCUT2D eigenvalue weighted by Crippen LogP contribution is -2.21. The van der Waals surface area contributed by atoms with Gasteiger partial charge in [-0.05, 0) is 17.7 Å². The second-order valence-corrected chi connectivity index (χ2v) is 2.36. The minimum absolute atomic E-state index is 0.0299. The van der Waals surface area contributed by atoms with E-state index in [0.29, 0.717) is 5.69 Å². The molecule has 64 valence electrons. The summed E-state index contributed by atoms with van der Waals surface area (Å²) in [7, 11) is 0. The summed E-state index contributed by atoms with van der Waals surface area (Å²) >= 11 is 0. The molecule has 0 saturated carbocycles. The third kappa shape index (κ3) is 2.25. The van der Waals surface area contributed by atoms with Crippen LogP contribution >= 0.6 is 0 Å². The van der Waals surface area contributed by atoms with E-state index in [4.69, 9.17) is 16.6 Å². The SMILES string of the molecule is NC(N)=Nc1ccc(CO)cc1. The first-order valence-electron chi connectivity index (χ1n) is 3.52. The van der Waals surface area contributed by atoms with E-state index in [1.54, 1.807) is 24.3 Å². The summed E-state index contributed by atoms with van der Waals surface area (Å²) in [6, 6.07) is 7.01. The highest BCUT2D eigenvalue weighted by Crippen LogP contribution is 2.12. The normalized spacial score (nSPS) is 9.42. The lowest BCUT2D eigenvalue weighted by atomic mass is 10.2. The van der Waals surface area contributed by atoms with Crippen LogP contribution in [0.1, 0.15) is 5.56 Å². The Hall–Kier alpha value is -1.55. The Labute approximate surface area is 70.5 Å². The number of hydrogen-bond acceptors (Lipinski definition) is 2. The van der Waals surface area contributed by atoms with Gasteiger partial charge in [-0.25, -0.2) is 4.99 Å². The molecule has 0 aliphatic rings. The van der Waals surface area contributed by atoms with Gasteiger partial charge < -0.3 is 16.6 Å². The minimum atomic E-state index is 0.0299. The van der Waals surface area contributed by atoms with Gasteiger partial charge in [0.05, 0.1) is 12.3 Å². The lowest BCUT2D eigenvalue weighted by Gasteiger charge is -1.96. The predicted octanol–water partition coefficient (Wildman–Crippen LogP) is 0.0838. The zero-order valence-electron chi connectivity index (χ0n) is 6.57. The lowest BCUT2D eigenvalue weighted by molar-refractivity contribution is 0.282. The maximum absolute atomic E-state index is 8.73. The first-order chi connectivity index (χ1) is 5.72. The number of benzene rings is 1. The van der Waals surface area contributed by atoms with Crippen molar-refractivity contribution in [3.8, 4) is 0 Å². The molecule has 5 N–H and O–H groups in total. The minimum Gasteiger partial charge on any atom is -0.392 e. The molecule has 1 rings (SSSR count). The van der Waals surface area contributed by atoms with Crippen molar-refractivity contribution >= 4 is 11.6 Å². The first-order valence-corrected chi connectivity index (χ1v) is 3.52. The van der Waals surface area contributed by atoms with Gasteiger partial charge in [-0.1, -0.05) is 12.1 Å². The van der Waals surface area contributed by atoms with Gasteiger partial charge in [0.2, 0.25) is 0 Å². The number of guanidine groups is 1. The molecule has 0 saturated heterocycles. The number of nitrogens with two attached hydrogens (primary N) is 2.